The van der Waals surface area contributed by atoms with Crippen molar-refractivity contribution >= 4 is 11.6 Å². The Morgan fingerprint density at radius 2 is 2.33 bits per heavy atom. The number of ketones is 1. The molecule has 4 heteroatoms. The van der Waals surface area contributed by atoms with Crippen molar-refractivity contribution in [1.82, 2.24) is 4.98 Å². The van der Waals surface area contributed by atoms with Gasteiger partial charge in [0.15, 0.2) is 5.78 Å². The Morgan fingerprint density at radius 3 is 2.87 bits per heavy atom. The van der Waals surface area contributed by atoms with E-state index >= 15 is 0 Å². The number of rotatable bonds is 4. The molecule has 2 N–H and O–H groups in total. The second-order valence-electron chi connectivity index (χ2n) is 3.56. The summed E-state index contributed by atoms with van der Waals surface area (Å²) in [5.41, 5.74) is 7.04. The first kappa shape index (κ1) is 11.7. The van der Waals surface area contributed by atoms with Crippen molar-refractivity contribution in [3.63, 3.8) is 0 Å². The molecule has 82 valence electrons. The summed E-state index contributed by atoms with van der Waals surface area (Å²) in [6.45, 7) is 3.70. The third kappa shape index (κ3) is 2.76. The van der Waals surface area contributed by atoms with Crippen LogP contribution in [0, 0.1) is 6.92 Å². The number of nitrogens with two attached hydrogens (primary N) is 1. The normalized spacial score (nSPS) is 12.5. The minimum Gasteiger partial charge on any atom is -0.383 e. The lowest BCUT2D eigenvalue weighted by atomic mass is 10.0. The molecule has 0 aliphatic carbocycles. The Morgan fingerprint density at radius 1 is 1.67 bits per heavy atom. The van der Waals surface area contributed by atoms with E-state index in [0.29, 0.717) is 17.8 Å². The van der Waals surface area contributed by atoms with E-state index in [-0.39, 0.29) is 11.9 Å². The molecular formula is C11H16N2O2. The third-order valence-corrected chi connectivity index (χ3v) is 2.34. The molecule has 1 aromatic rings. The zero-order chi connectivity index (χ0) is 11.4. The van der Waals surface area contributed by atoms with Crippen LogP contribution >= 0.6 is 0 Å². The van der Waals surface area contributed by atoms with Gasteiger partial charge < -0.3 is 10.5 Å². The van der Waals surface area contributed by atoms with Gasteiger partial charge in [-0.05, 0) is 25.5 Å². The van der Waals surface area contributed by atoms with E-state index in [9.17, 15) is 4.79 Å². The van der Waals surface area contributed by atoms with Crippen molar-refractivity contribution in [3.05, 3.63) is 23.4 Å². The monoisotopic (exact) mass is 208 g/mol. The summed E-state index contributed by atoms with van der Waals surface area (Å²) in [5, 5.41) is 0. The summed E-state index contributed by atoms with van der Waals surface area (Å²) in [6, 6.07) is 1.78. The average molecular weight is 208 g/mol. The quantitative estimate of drug-likeness (QED) is 0.763. The first-order chi connectivity index (χ1) is 7.06. The van der Waals surface area contributed by atoms with Crippen LogP contribution in [0.1, 0.15) is 29.3 Å². The van der Waals surface area contributed by atoms with Crippen LogP contribution in [0.4, 0.5) is 5.82 Å². The van der Waals surface area contributed by atoms with Crippen molar-refractivity contribution in [1.29, 1.82) is 0 Å². The molecule has 0 fully saturated rings. The third-order valence-electron chi connectivity index (χ3n) is 2.34. The van der Waals surface area contributed by atoms with Crippen LogP contribution in [0.5, 0.6) is 0 Å². The van der Waals surface area contributed by atoms with Crippen molar-refractivity contribution in [2.24, 2.45) is 0 Å². The first-order valence-electron chi connectivity index (χ1n) is 4.83. The Bertz CT molecular complexity index is 343. The first-order valence-corrected chi connectivity index (χ1v) is 4.83. The van der Waals surface area contributed by atoms with Gasteiger partial charge in [-0.15, -0.1) is 0 Å². The maximum absolute atomic E-state index is 11.9. The average Bonchev–Trinajstić information content (AvgIpc) is 2.17. The summed E-state index contributed by atoms with van der Waals surface area (Å²) < 4.78 is 5.04. The lowest BCUT2D eigenvalue weighted by Gasteiger charge is -2.10. The number of carbonyl (C=O) groups excluding carboxylic acids is 1. The number of nitrogen functional groups attached to an aromatic ring is 1. The number of methoxy groups -OCH3 is 1. The van der Waals surface area contributed by atoms with E-state index in [1.165, 1.54) is 0 Å². The molecule has 1 atom stereocenters. The summed E-state index contributed by atoms with van der Waals surface area (Å²) in [4.78, 5) is 15.8. The number of nitrogens with zero attached hydrogens (tertiary/aromatic N) is 1. The van der Waals surface area contributed by atoms with Gasteiger partial charge in [0.05, 0.1) is 11.7 Å². The summed E-state index contributed by atoms with van der Waals surface area (Å²) in [5.74, 6) is 0.274. The molecule has 1 heterocycles. The molecule has 0 bridgehead atoms. The van der Waals surface area contributed by atoms with Crippen LogP contribution < -0.4 is 5.73 Å². The number of carbonyl (C=O) groups is 1. The number of aryl methyl sites for hydroxylation is 1. The molecule has 0 aliphatic rings. The van der Waals surface area contributed by atoms with Crippen LogP contribution in [0.3, 0.4) is 0 Å². The van der Waals surface area contributed by atoms with Gasteiger partial charge in [0, 0.05) is 19.7 Å². The topological polar surface area (TPSA) is 65.2 Å². The molecule has 15 heavy (non-hydrogen) atoms. The van der Waals surface area contributed by atoms with Gasteiger partial charge in [0.25, 0.3) is 0 Å². The van der Waals surface area contributed by atoms with E-state index in [4.69, 9.17) is 10.5 Å². The lowest BCUT2D eigenvalue weighted by molar-refractivity contribution is 0.0792. The Hall–Kier alpha value is -1.42. The smallest absolute Gasteiger partial charge is 0.169 e. The molecule has 0 radical (unpaired) electrons. The van der Waals surface area contributed by atoms with Crippen LogP contribution in [0.25, 0.3) is 0 Å². The van der Waals surface area contributed by atoms with E-state index in [2.05, 4.69) is 4.98 Å². The molecule has 4 nitrogen and oxygen atoms in total. The molecule has 0 aliphatic heterocycles. The molecule has 0 amide bonds. The molecule has 1 rings (SSSR count). The van der Waals surface area contributed by atoms with E-state index < -0.39 is 0 Å². The fourth-order valence-electron chi connectivity index (χ4n) is 1.39. The molecule has 0 saturated carbocycles. The lowest BCUT2D eigenvalue weighted by Crippen LogP contribution is -2.15. The van der Waals surface area contributed by atoms with Crippen molar-refractivity contribution in [2.75, 3.05) is 12.8 Å². The highest BCUT2D eigenvalue weighted by molar-refractivity contribution is 6.01. The molecule has 1 aromatic heterocycles. The predicted octanol–water partition coefficient (Wildman–Crippen LogP) is 1.58. The van der Waals surface area contributed by atoms with E-state index in [1.807, 2.05) is 13.8 Å². The number of pyridine rings is 1. The Kier molecular flexibility index (Phi) is 3.80. The summed E-state index contributed by atoms with van der Waals surface area (Å²) in [7, 11) is 1.58. The van der Waals surface area contributed by atoms with Gasteiger partial charge in [-0.3, -0.25) is 4.79 Å². The van der Waals surface area contributed by atoms with Crippen LogP contribution in [0.15, 0.2) is 12.3 Å². The molecule has 1 unspecified atom stereocenters. The fourth-order valence-corrected chi connectivity index (χ4v) is 1.39. The van der Waals surface area contributed by atoms with Gasteiger partial charge in [0.1, 0.15) is 5.82 Å². The summed E-state index contributed by atoms with van der Waals surface area (Å²) >= 11 is 0. The second kappa shape index (κ2) is 4.89. The molecular weight excluding hydrogens is 192 g/mol. The largest absolute Gasteiger partial charge is 0.383 e. The molecule has 0 spiro atoms. The highest BCUT2D eigenvalue weighted by Crippen LogP contribution is 2.16. The number of aromatic nitrogens is 1. The van der Waals surface area contributed by atoms with Crippen molar-refractivity contribution in [3.8, 4) is 0 Å². The number of ether oxygens (including phenoxy) is 1. The Labute approximate surface area is 89.5 Å². The van der Waals surface area contributed by atoms with Gasteiger partial charge in [0.2, 0.25) is 0 Å². The van der Waals surface area contributed by atoms with Gasteiger partial charge >= 0.3 is 0 Å². The van der Waals surface area contributed by atoms with Crippen LogP contribution in [-0.2, 0) is 4.74 Å². The fraction of sp³-hybridized carbons (Fsp3) is 0.455. The SMILES string of the molecule is COC(C)CC(=O)c1c(C)ccnc1N. The molecule has 0 aromatic carbocycles. The maximum Gasteiger partial charge on any atom is 0.169 e. The molecule has 0 saturated heterocycles. The second-order valence-corrected chi connectivity index (χ2v) is 3.56. The van der Waals surface area contributed by atoms with Crippen molar-refractivity contribution in [2.45, 2.75) is 26.4 Å². The highest BCUT2D eigenvalue weighted by atomic mass is 16.5. The number of Topliss-reactive ketones (excluding diaryl/α,β-unsaturated/α-hetero) is 1. The van der Waals surface area contributed by atoms with Gasteiger partial charge in [-0.25, -0.2) is 4.98 Å². The number of hydrogen-bond acceptors (Lipinski definition) is 4. The Balaban J connectivity index is 2.91. The van der Waals surface area contributed by atoms with E-state index in [0.717, 1.165) is 5.56 Å². The predicted molar refractivity (Wildman–Crippen MR) is 58.8 cm³/mol. The van der Waals surface area contributed by atoms with E-state index in [1.54, 1.807) is 19.4 Å². The highest BCUT2D eigenvalue weighted by Gasteiger charge is 2.16. The van der Waals surface area contributed by atoms with Gasteiger partial charge in [-0.1, -0.05) is 0 Å². The van der Waals surface area contributed by atoms with Crippen molar-refractivity contribution < 1.29 is 9.53 Å². The van der Waals surface area contributed by atoms with Crippen LogP contribution in [-0.4, -0.2) is 24.0 Å². The summed E-state index contributed by atoms with van der Waals surface area (Å²) in [6.07, 6.45) is 1.82. The zero-order valence-electron chi connectivity index (χ0n) is 9.28. The van der Waals surface area contributed by atoms with Crippen LogP contribution in [0.2, 0.25) is 0 Å². The zero-order valence-corrected chi connectivity index (χ0v) is 9.28. The standard InChI is InChI=1S/C11H16N2O2/c1-7-4-5-13-11(12)10(7)9(14)6-8(2)15-3/h4-5,8H,6H2,1-3H3,(H2,12,13). The van der Waals surface area contributed by atoms with Gasteiger partial charge in [-0.2, -0.15) is 0 Å². The number of hydrogen-bond donors (Lipinski definition) is 1. The minimum absolute atomic E-state index is 0.0209. The maximum atomic E-state index is 11.9. The number of anilines is 1. The minimum atomic E-state index is -0.100.